The third kappa shape index (κ3) is 3.12. The number of amides is 1. The number of esters is 1. The van der Waals surface area contributed by atoms with Crippen LogP contribution in [-0.4, -0.2) is 25.0 Å². The van der Waals surface area contributed by atoms with Crippen LogP contribution in [-0.2, 0) is 9.53 Å². The van der Waals surface area contributed by atoms with Gasteiger partial charge in [0.2, 0.25) is 5.91 Å². The summed E-state index contributed by atoms with van der Waals surface area (Å²) in [5.41, 5.74) is 6.65. The summed E-state index contributed by atoms with van der Waals surface area (Å²) in [6.45, 7) is 0. The number of para-hydroxylation sites is 1. The highest BCUT2D eigenvalue weighted by atomic mass is 16.5. The molecule has 0 aliphatic heterocycles. The van der Waals surface area contributed by atoms with Gasteiger partial charge in [-0.15, -0.1) is 0 Å². The molecule has 1 aliphatic carbocycles. The fraction of sp³-hybridized carbons (Fsp3) is 0.429. The lowest BCUT2D eigenvalue weighted by Crippen LogP contribution is -2.24. The van der Waals surface area contributed by atoms with Crippen molar-refractivity contribution in [3.05, 3.63) is 29.8 Å². The lowest BCUT2D eigenvalue weighted by molar-refractivity contribution is -0.119. The number of rotatable bonds is 3. The van der Waals surface area contributed by atoms with Gasteiger partial charge in [0.15, 0.2) is 0 Å². The molecule has 1 amide bonds. The molecule has 19 heavy (non-hydrogen) atoms. The Bertz CT molecular complexity index is 487. The van der Waals surface area contributed by atoms with E-state index >= 15 is 0 Å². The Morgan fingerprint density at radius 2 is 2.05 bits per heavy atom. The van der Waals surface area contributed by atoms with Gasteiger partial charge in [-0.3, -0.25) is 4.79 Å². The number of nitrogens with one attached hydrogen (secondary N) is 1. The van der Waals surface area contributed by atoms with Crippen LogP contribution < -0.4 is 11.1 Å². The van der Waals surface area contributed by atoms with E-state index in [-0.39, 0.29) is 17.9 Å². The SMILES string of the molecule is COC(=O)c1ccccc1NC(=O)C1CCC(N)C1. The fourth-order valence-corrected chi connectivity index (χ4v) is 2.37. The zero-order chi connectivity index (χ0) is 13.8. The molecule has 1 aromatic carbocycles. The monoisotopic (exact) mass is 262 g/mol. The first-order valence-electron chi connectivity index (χ1n) is 6.35. The molecule has 0 bridgehead atoms. The average molecular weight is 262 g/mol. The summed E-state index contributed by atoms with van der Waals surface area (Å²) in [6.07, 6.45) is 2.37. The van der Waals surface area contributed by atoms with Gasteiger partial charge in [0, 0.05) is 12.0 Å². The lowest BCUT2D eigenvalue weighted by Gasteiger charge is -2.13. The van der Waals surface area contributed by atoms with Gasteiger partial charge in [0.05, 0.1) is 18.4 Å². The number of nitrogens with two attached hydrogens (primary N) is 1. The molecule has 2 atom stereocenters. The molecule has 0 aromatic heterocycles. The summed E-state index contributed by atoms with van der Waals surface area (Å²) in [5, 5.41) is 2.79. The molecular formula is C14H18N2O3. The van der Waals surface area contributed by atoms with Crippen LogP contribution in [0.15, 0.2) is 24.3 Å². The van der Waals surface area contributed by atoms with E-state index in [0.717, 1.165) is 12.8 Å². The van der Waals surface area contributed by atoms with Crippen molar-refractivity contribution in [1.29, 1.82) is 0 Å². The largest absolute Gasteiger partial charge is 0.465 e. The highest BCUT2D eigenvalue weighted by molar-refractivity contribution is 6.01. The number of ether oxygens (including phenoxy) is 1. The highest BCUT2D eigenvalue weighted by Gasteiger charge is 2.28. The van der Waals surface area contributed by atoms with E-state index in [1.807, 2.05) is 0 Å². The number of anilines is 1. The van der Waals surface area contributed by atoms with E-state index in [4.69, 9.17) is 10.5 Å². The molecule has 0 heterocycles. The summed E-state index contributed by atoms with van der Waals surface area (Å²) in [4.78, 5) is 23.7. The van der Waals surface area contributed by atoms with Gasteiger partial charge >= 0.3 is 5.97 Å². The predicted molar refractivity (Wildman–Crippen MR) is 71.7 cm³/mol. The number of carbonyl (C=O) groups is 2. The molecule has 1 aromatic rings. The van der Waals surface area contributed by atoms with E-state index in [1.54, 1.807) is 24.3 Å². The molecule has 1 aliphatic rings. The van der Waals surface area contributed by atoms with Crippen LogP contribution in [0, 0.1) is 5.92 Å². The third-order valence-corrected chi connectivity index (χ3v) is 3.43. The van der Waals surface area contributed by atoms with Crippen molar-refractivity contribution >= 4 is 17.6 Å². The summed E-state index contributed by atoms with van der Waals surface area (Å²) in [5.74, 6) is -0.607. The highest BCUT2D eigenvalue weighted by Crippen LogP contribution is 2.26. The number of hydrogen-bond acceptors (Lipinski definition) is 4. The normalized spacial score (nSPS) is 22.0. The molecule has 2 unspecified atom stereocenters. The Balaban J connectivity index is 2.10. The van der Waals surface area contributed by atoms with Crippen molar-refractivity contribution in [2.24, 2.45) is 11.7 Å². The Morgan fingerprint density at radius 3 is 2.68 bits per heavy atom. The Morgan fingerprint density at radius 1 is 1.32 bits per heavy atom. The summed E-state index contributed by atoms with van der Waals surface area (Å²) < 4.78 is 4.69. The first kappa shape index (κ1) is 13.5. The molecule has 102 valence electrons. The maximum absolute atomic E-state index is 12.1. The zero-order valence-electron chi connectivity index (χ0n) is 10.9. The van der Waals surface area contributed by atoms with Crippen molar-refractivity contribution in [3.8, 4) is 0 Å². The molecule has 3 N–H and O–H groups in total. The molecule has 0 spiro atoms. The van der Waals surface area contributed by atoms with Crippen LogP contribution >= 0.6 is 0 Å². The Hall–Kier alpha value is -1.88. The molecule has 5 nitrogen and oxygen atoms in total. The molecule has 1 fully saturated rings. The van der Waals surface area contributed by atoms with Gasteiger partial charge < -0.3 is 15.8 Å². The zero-order valence-corrected chi connectivity index (χ0v) is 10.9. The van der Waals surface area contributed by atoms with Crippen molar-refractivity contribution in [2.45, 2.75) is 25.3 Å². The lowest BCUT2D eigenvalue weighted by atomic mass is 10.1. The second kappa shape index (κ2) is 5.84. The van der Waals surface area contributed by atoms with Gasteiger partial charge in [-0.25, -0.2) is 4.79 Å². The van der Waals surface area contributed by atoms with E-state index in [2.05, 4.69) is 5.32 Å². The topological polar surface area (TPSA) is 81.4 Å². The second-order valence-electron chi connectivity index (χ2n) is 4.80. The summed E-state index contributed by atoms with van der Waals surface area (Å²) in [6, 6.07) is 6.92. The maximum Gasteiger partial charge on any atom is 0.339 e. The van der Waals surface area contributed by atoms with Gasteiger partial charge in [-0.2, -0.15) is 0 Å². The fourth-order valence-electron chi connectivity index (χ4n) is 2.37. The maximum atomic E-state index is 12.1. The van der Waals surface area contributed by atoms with E-state index in [9.17, 15) is 9.59 Å². The molecule has 0 radical (unpaired) electrons. The Kier molecular flexibility index (Phi) is 4.16. The average Bonchev–Trinajstić information content (AvgIpc) is 2.85. The minimum Gasteiger partial charge on any atom is -0.465 e. The van der Waals surface area contributed by atoms with Crippen LogP contribution in [0.2, 0.25) is 0 Å². The van der Waals surface area contributed by atoms with Crippen LogP contribution in [0.3, 0.4) is 0 Å². The minimum atomic E-state index is -0.459. The predicted octanol–water partition coefficient (Wildman–Crippen LogP) is 1.54. The van der Waals surface area contributed by atoms with Gasteiger partial charge in [-0.1, -0.05) is 12.1 Å². The first-order chi connectivity index (χ1) is 9.11. The number of hydrogen-bond donors (Lipinski definition) is 2. The number of benzene rings is 1. The summed E-state index contributed by atoms with van der Waals surface area (Å²) in [7, 11) is 1.32. The Labute approximate surface area is 112 Å². The van der Waals surface area contributed by atoms with Crippen molar-refractivity contribution in [3.63, 3.8) is 0 Å². The van der Waals surface area contributed by atoms with Gasteiger partial charge in [-0.05, 0) is 31.4 Å². The van der Waals surface area contributed by atoms with Gasteiger partial charge in [0.1, 0.15) is 0 Å². The summed E-state index contributed by atoms with van der Waals surface area (Å²) >= 11 is 0. The molecular weight excluding hydrogens is 244 g/mol. The standard InChI is InChI=1S/C14H18N2O3/c1-19-14(18)11-4-2-3-5-12(11)16-13(17)9-6-7-10(15)8-9/h2-5,9-10H,6-8,15H2,1H3,(H,16,17). The smallest absolute Gasteiger partial charge is 0.339 e. The molecule has 1 saturated carbocycles. The minimum absolute atomic E-state index is 0.0688. The van der Waals surface area contributed by atoms with E-state index < -0.39 is 5.97 Å². The van der Waals surface area contributed by atoms with Crippen molar-refractivity contribution in [1.82, 2.24) is 0 Å². The van der Waals surface area contributed by atoms with Crippen LogP contribution in [0.4, 0.5) is 5.69 Å². The van der Waals surface area contributed by atoms with Crippen molar-refractivity contribution in [2.75, 3.05) is 12.4 Å². The molecule has 0 saturated heterocycles. The molecule has 5 heteroatoms. The van der Waals surface area contributed by atoms with Crippen LogP contribution in [0.25, 0.3) is 0 Å². The van der Waals surface area contributed by atoms with E-state index in [1.165, 1.54) is 7.11 Å². The first-order valence-corrected chi connectivity index (χ1v) is 6.35. The number of carbonyl (C=O) groups excluding carboxylic acids is 2. The third-order valence-electron chi connectivity index (χ3n) is 3.43. The van der Waals surface area contributed by atoms with Gasteiger partial charge in [0.25, 0.3) is 0 Å². The number of methoxy groups -OCH3 is 1. The second-order valence-corrected chi connectivity index (χ2v) is 4.80. The van der Waals surface area contributed by atoms with Crippen LogP contribution in [0.5, 0.6) is 0 Å². The van der Waals surface area contributed by atoms with E-state index in [0.29, 0.717) is 17.7 Å². The quantitative estimate of drug-likeness (QED) is 0.809. The molecule has 2 rings (SSSR count). The van der Waals surface area contributed by atoms with Crippen LogP contribution in [0.1, 0.15) is 29.6 Å². The van der Waals surface area contributed by atoms with Crippen molar-refractivity contribution < 1.29 is 14.3 Å².